The molecule has 0 atom stereocenters. The van der Waals surface area contributed by atoms with Gasteiger partial charge in [-0.3, -0.25) is 0 Å². The predicted octanol–water partition coefficient (Wildman–Crippen LogP) is 3.19. The summed E-state index contributed by atoms with van der Waals surface area (Å²) < 4.78 is 5.17. The Kier molecular flexibility index (Phi) is 5.54. The lowest BCUT2D eigenvalue weighted by atomic mass is 10.0. The first-order valence-electron chi connectivity index (χ1n) is 6.72. The molecule has 0 saturated heterocycles. The Labute approximate surface area is 114 Å². The van der Waals surface area contributed by atoms with Gasteiger partial charge in [-0.15, -0.1) is 11.8 Å². The summed E-state index contributed by atoms with van der Waals surface area (Å²) in [6.07, 6.45) is 3.95. The van der Waals surface area contributed by atoms with Crippen LogP contribution in [0.4, 0.5) is 0 Å². The van der Waals surface area contributed by atoms with Crippen LogP contribution in [-0.4, -0.2) is 32.6 Å². The van der Waals surface area contributed by atoms with Crippen molar-refractivity contribution >= 4 is 11.8 Å². The molecule has 1 aliphatic carbocycles. The number of thioether (sulfide) groups is 1. The minimum Gasteiger partial charge on any atom is -0.385 e. The molecule has 0 aliphatic heterocycles. The molecule has 1 fully saturated rings. The van der Waals surface area contributed by atoms with Crippen molar-refractivity contribution in [2.24, 2.45) is 5.41 Å². The van der Waals surface area contributed by atoms with Crippen LogP contribution < -0.4 is 5.32 Å². The van der Waals surface area contributed by atoms with Gasteiger partial charge in [-0.05, 0) is 36.8 Å². The average molecular weight is 265 g/mol. The molecule has 0 heterocycles. The van der Waals surface area contributed by atoms with Crippen molar-refractivity contribution in [2.45, 2.75) is 24.2 Å². The van der Waals surface area contributed by atoms with Crippen LogP contribution in [0, 0.1) is 5.41 Å². The third-order valence-corrected chi connectivity index (χ3v) is 4.60. The Morgan fingerprint density at radius 1 is 1.28 bits per heavy atom. The molecule has 0 spiro atoms. The van der Waals surface area contributed by atoms with Gasteiger partial charge in [0, 0.05) is 37.5 Å². The van der Waals surface area contributed by atoms with Crippen LogP contribution in [0.5, 0.6) is 0 Å². The molecule has 1 aromatic carbocycles. The smallest absolute Gasteiger partial charge is 0.0468 e. The van der Waals surface area contributed by atoms with Crippen molar-refractivity contribution in [2.75, 3.05) is 32.6 Å². The normalized spacial score (nSPS) is 16.7. The maximum absolute atomic E-state index is 5.17. The van der Waals surface area contributed by atoms with E-state index in [9.17, 15) is 0 Å². The summed E-state index contributed by atoms with van der Waals surface area (Å²) in [7, 11) is 1.79. The zero-order valence-electron chi connectivity index (χ0n) is 11.2. The van der Waals surface area contributed by atoms with E-state index in [1.807, 2.05) is 11.8 Å². The van der Waals surface area contributed by atoms with E-state index in [-0.39, 0.29) is 0 Å². The fourth-order valence-corrected chi connectivity index (χ4v) is 2.95. The van der Waals surface area contributed by atoms with E-state index in [1.165, 1.54) is 24.2 Å². The van der Waals surface area contributed by atoms with Gasteiger partial charge >= 0.3 is 0 Å². The molecule has 0 bridgehead atoms. The summed E-state index contributed by atoms with van der Waals surface area (Å²) in [5, 5.41) is 3.59. The molecule has 0 amide bonds. The maximum Gasteiger partial charge on any atom is 0.0468 e. The third kappa shape index (κ3) is 4.63. The first-order chi connectivity index (χ1) is 8.85. The Bertz CT molecular complexity index is 338. The van der Waals surface area contributed by atoms with Gasteiger partial charge in [0.2, 0.25) is 0 Å². The molecule has 1 saturated carbocycles. The molecule has 1 N–H and O–H groups in total. The minimum absolute atomic E-state index is 0.563. The van der Waals surface area contributed by atoms with E-state index < -0.39 is 0 Å². The lowest BCUT2D eigenvalue weighted by Gasteiger charge is -2.15. The van der Waals surface area contributed by atoms with Gasteiger partial charge in [0.25, 0.3) is 0 Å². The first-order valence-corrected chi connectivity index (χ1v) is 7.71. The Hall–Kier alpha value is -0.510. The Morgan fingerprint density at radius 2 is 2.06 bits per heavy atom. The third-order valence-electron chi connectivity index (χ3n) is 3.58. The highest BCUT2D eigenvalue weighted by Gasteiger charge is 2.41. The molecule has 18 heavy (non-hydrogen) atoms. The number of nitrogens with one attached hydrogen (secondary N) is 1. The van der Waals surface area contributed by atoms with Gasteiger partial charge in [-0.25, -0.2) is 0 Å². The van der Waals surface area contributed by atoms with Crippen LogP contribution in [0.1, 0.15) is 19.3 Å². The van der Waals surface area contributed by atoms with Crippen molar-refractivity contribution in [3.8, 4) is 0 Å². The summed E-state index contributed by atoms with van der Waals surface area (Å²) in [5.41, 5.74) is 0.563. The number of hydrogen-bond donors (Lipinski definition) is 1. The van der Waals surface area contributed by atoms with Gasteiger partial charge in [-0.1, -0.05) is 18.2 Å². The highest BCUT2D eigenvalue weighted by atomic mass is 32.2. The molecular weight excluding hydrogens is 242 g/mol. The average Bonchev–Trinajstić information content (AvgIpc) is 3.18. The molecule has 0 radical (unpaired) electrons. The van der Waals surface area contributed by atoms with Gasteiger partial charge < -0.3 is 10.1 Å². The SMILES string of the molecule is COCCC1(CNCCSc2ccccc2)CC1. The molecule has 1 aromatic rings. The van der Waals surface area contributed by atoms with Crippen LogP contribution in [0.3, 0.4) is 0 Å². The summed E-state index contributed by atoms with van der Waals surface area (Å²) in [4.78, 5) is 1.36. The number of rotatable bonds is 9. The Morgan fingerprint density at radius 3 is 2.72 bits per heavy atom. The molecule has 0 unspecified atom stereocenters. The van der Waals surface area contributed by atoms with Crippen molar-refractivity contribution in [1.82, 2.24) is 5.32 Å². The number of hydrogen-bond acceptors (Lipinski definition) is 3. The predicted molar refractivity (Wildman–Crippen MR) is 78.2 cm³/mol. The van der Waals surface area contributed by atoms with E-state index in [2.05, 4.69) is 35.6 Å². The molecule has 3 heteroatoms. The van der Waals surface area contributed by atoms with Crippen molar-refractivity contribution in [1.29, 1.82) is 0 Å². The van der Waals surface area contributed by atoms with E-state index in [4.69, 9.17) is 4.74 Å². The maximum atomic E-state index is 5.17. The zero-order chi connectivity index (χ0) is 12.7. The van der Waals surface area contributed by atoms with Gasteiger partial charge in [0.15, 0.2) is 0 Å². The second-order valence-corrected chi connectivity index (χ2v) is 6.25. The summed E-state index contributed by atoms with van der Waals surface area (Å²) in [6, 6.07) is 10.6. The summed E-state index contributed by atoms with van der Waals surface area (Å²) in [5.74, 6) is 1.14. The number of ether oxygens (including phenoxy) is 1. The van der Waals surface area contributed by atoms with Crippen LogP contribution in [-0.2, 0) is 4.74 Å². The van der Waals surface area contributed by atoms with Gasteiger partial charge in [0.05, 0.1) is 0 Å². The van der Waals surface area contributed by atoms with Crippen LogP contribution in [0.15, 0.2) is 35.2 Å². The first kappa shape index (κ1) is 13.9. The molecule has 100 valence electrons. The summed E-state index contributed by atoms with van der Waals surface area (Å²) >= 11 is 1.92. The lowest BCUT2D eigenvalue weighted by Crippen LogP contribution is -2.26. The molecule has 0 aromatic heterocycles. The number of benzene rings is 1. The minimum atomic E-state index is 0.563. The fraction of sp³-hybridized carbons (Fsp3) is 0.600. The van der Waals surface area contributed by atoms with Gasteiger partial charge in [-0.2, -0.15) is 0 Å². The topological polar surface area (TPSA) is 21.3 Å². The quantitative estimate of drug-likeness (QED) is 0.547. The second-order valence-electron chi connectivity index (χ2n) is 5.08. The van der Waals surface area contributed by atoms with E-state index in [1.54, 1.807) is 7.11 Å². The zero-order valence-corrected chi connectivity index (χ0v) is 12.0. The largest absolute Gasteiger partial charge is 0.385 e. The molecule has 2 rings (SSSR count). The highest BCUT2D eigenvalue weighted by molar-refractivity contribution is 7.99. The van der Waals surface area contributed by atoms with Crippen molar-refractivity contribution in [3.05, 3.63) is 30.3 Å². The van der Waals surface area contributed by atoms with Crippen molar-refractivity contribution in [3.63, 3.8) is 0 Å². The van der Waals surface area contributed by atoms with Crippen LogP contribution in [0.25, 0.3) is 0 Å². The fourth-order valence-electron chi connectivity index (χ4n) is 2.12. The van der Waals surface area contributed by atoms with Crippen LogP contribution >= 0.6 is 11.8 Å². The van der Waals surface area contributed by atoms with Gasteiger partial charge in [0.1, 0.15) is 0 Å². The molecule has 2 nitrogen and oxygen atoms in total. The second kappa shape index (κ2) is 7.17. The van der Waals surface area contributed by atoms with E-state index in [0.717, 1.165) is 25.4 Å². The lowest BCUT2D eigenvalue weighted by molar-refractivity contribution is 0.171. The highest BCUT2D eigenvalue weighted by Crippen LogP contribution is 2.48. The number of methoxy groups -OCH3 is 1. The summed E-state index contributed by atoms with van der Waals surface area (Å²) in [6.45, 7) is 3.15. The van der Waals surface area contributed by atoms with E-state index >= 15 is 0 Å². The Balaban J connectivity index is 1.54. The standard InChI is InChI=1S/C15H23NOS/c1-17-11-9-15(7-8-15)13-16-10-12-18-14-5-3-2-4-6-14/h2-6,16H,7-13H2,1H3. The van der Waals surface area contributed by atoms with Crippen molar-refractivity contribution < 1.29 is 4.74 Å². The monoisotopic (exact) mass is 265 g/mol. The van der Waals surface area contributed by atoms with Crippen LogP contribution in [0.2, 0.25) is 0 Å². The molecular formula is C15H23NOS. The molecule has 1 aliphatic rings. The van der Waals surface area contributed by atoms with E-state index in [0.29, 0.717) is 5.41 Å².